The summed E-state index contributed by atoms with van der Waals surface area (Å²) in [6.45, 7) is 5.74. The van der Waals surface area contributed by atoms with Crippen LogP contribution in [-0.2, 0) is 6.42 Å². The predicted molar refractivity (Wildman–Crippen MR) is 70.4 cm³/mol. The molecule has 1 atom stereocenters. The number of likely N-dealkylation sites (N-methyl/N-ethyl adjacent to an activating group) is 1. The van der Waals surface area contributed by atoms with E-state index in [1.54, 1.807) is 0 Å². The summed E-state index contributed by atoms with van der Waals surface area (Å²) >= 11 is 0. The molecule has 3 nitrogen and oxygen atoms in total. The molecule has 2 aliphatic rings. The maximum atomic E-state index is 4.73. The average Bonchev–Trinajstić information content (AvgIpc) is 2.85. The first-order chi connectivity index (χ1) is 8.23. The third-order valence-corrected chi connectivity index (χ3v) is 4.53. The lowest BCUT2D eigenvalue weighted by molar-refractivity contribution is 0.0307. The van der Waals surface area contributed by atoms with E-state index in [0.717, 1.165) is 19.5 Å². The van der Waals surface area contributed by atoms with E-state index in [0.29, 0.717) is 5.54 Å². The van der Waals surface area contributed by atoms with Crippen LogP contribution in [0.25, 0.3) is 0 Å². The Morgan fingerprint density at radius 2 is 2.12 bits per heavy atom. The number of aryl methyl sites for hydroxylation is 1. The fourth-order valence-electron chi connectivity index (χ4n) is 3.06. The van der Waals surface area contributed by atoms with Crippen molar-refractivity contribution in [2.24, 2.45) is 0 Å². The van der Waals surface area contributed by atoms with Crippen LogP contribution < -0.4 is 4.90 Å². The molecule has 0 bridgehead atoms. The Kier molecular flexibility index (Phi) is 2.58. The summed E-state index contributed by atoms with van der Waals surface area (Å²) in [5, 5.41) is 0. The molecule has 0 N–H and O–H groups in total. The Morgan fingerprint density at radius 1 is 1.29 bits per heavy atom. The van der Waals surface area contributed by atoms with E-state index in [1.165, 1.54) is 30.9 Å². The van der Waals surface area contributed by atoms with Crippen LogP contribution in [0.5, 0.6) is 0 Å². The highest BCUT2D eigenvalue weighted by molar-refractivity contribution is 5.42. The number of hydrogen-bond donors (Lipinski definition) is 0. The summed E-state index contributed by atoms with van der Waals surface area (Å²) in [6.07, 6.45) is 3.67. The average molecular weight is 231 g/mol. The molecule has 1 spiro atoms. The van der Waals surface area contributed by atoms with Crippen LogP contribution in [0.1, 0.15) is 25.5 Å². The van der Waals surface area contributed by atoms with Gasteiger partial charge in [-0.25, -0.2) is 4.98 Å². The van der Waals surface area contributed by atoms with Crippen molar-refractivity contribution in [1.29, 1.82) is 0 Å². The molecule has 92 valence electrons. The smallest absolute Gasteiger partial charge is 0.128 e. The van der Waals surface area contributed by atoms with Crippen LogP contribution in [0.15, 0.2) is 18.2 Å². The van der Waals surface area contributed by atoms with E-state index in [1.807, 2.05) is 0 Å². The topological polar surface area (TPSA) is 19.4 Å². The van der Waals surface area contributed by atoms with Gasteiger partial charge in [-0.3, -0.25) is 4.90 Å². The lowest BCUT2D eigenvalue weighted by Crippen LogP contribution is -2.59. The predicted octanol–water partition coefficient (Wildman–Crippen LogP) is 1.93. The van der Waals surface area contributed by atoms with Crippen molar-refractivity contribution in [2.75, 3.05) is 31.6 Å². The molecule has 0 aromatic carbocycles. The van der Waals surface area contributed by atoms with Crippen molar-refractivity contribution in [3.05, 3.63) is 23.9 Å². The van der Waals surface area contributed by atoms with Gasteiger partial charge in [0, 0.05) is 30.9 Å². The van der Waals surface area contributed by atoms with Gasteiger partial charge in [-0.15, -0.1) is 0 Å². The highest BCUT2D eigenvalue weighted by Crippen LogP contribution is 2.38. The molecule has 3 heteroatoms. The molecular weight excluding hydrogens is 210 g/mol. The van der Waals surface area contributed by atoms with Crippen LogP contribution in [0.4, 0.5) is 5.82 Å². The number of rotatable bonds is 2. The lowest BCUT2D eigenvalue weighted by atomic mass is 9.85. The summed E-state index contributed by atoms with van der Waals surface area (Å²) in [7, 11) is 2.25. The SMILES string of the molecule is CCc1cccc(N2CC[C@]3(CCN3C)C2)n1. The van der Waals surface area contributed by atoms with E-state index >= 15 is 0 Å². The van der Waals surface area contributed by atoms with Gasteiger partial charge in [0.25, 0.3) is 0 Å². The van der Waals surface area contributed by atoms with Gasteiger partial charge in [0.15, 0.2) is 0 Å². The van der Waals surface area contributed by atoms with Crippen LogP contribution in [0.2, 0.25) is 0 Å². The van der Waals surface area contributed by atoms with E-state index in [9.17, 15) is 0 Å². The van der Waals surface area contributed by atoms with Gasteiger partial charge in [-0.2, -0.15) is 0 Å². The second-order valence-electron chi connectivity index (χ2n) is 5.41. The number of aromatic nitrogens is 1. The minimum atomic E-state index is 0.462. The highest BCUT2D eigenvalue weighted by Gasteiger charge is 2.47. The zero-order valence-electron chi connectivity index (χ0n) is 10.8. The molecule has 0 amide bonds. The van der Waals surface area contributed by atoms with Crippen molar-refractivity contribution >= 4 is 5.82 Å². The van der Waals surface area contributed by atoms with Crippen LogP contribution in [-0.4, -0.2) is 42.1 Å². The first kappa shape index (κ1) is 11.0. The summed E-state index contributed by atoms with van der Waals surface area (Å²) in [5.41, 5.74) is 1.66. The van der Waals surface area contributed by atoms with Crippen molar-refractivity contribution in [3.63, 3.8) is 0 Å². The second kappa shape index (κ2) is 3.98. The zero-order valence-corrected chi connectivity index (χ0v) is 10.8. The fraction of sp³-hybridized carbons (Fsp3) is 0.643. The van der Waals surface area contributed by atoms with E-state index in [2.05, 4.69) is 42.0 Å². The Morgan fingerprint density at radius 3 is 2.71 bits per heavy atom. The highest BCUT2D eigenvalue weighted by atomic mass is 15.3. The standard InChI is InChI=1S/C14H21N3/c1-3-12-5-4-6-13(15-12)17-10-8-14(11-17)7-9-16(14)2/h4-6H,3,7-11H2,1-2H3/t14-/m1/s1. The Labute approximate surface area is 103 Å². The summed E-state index contributed by atoms with van der Waals surface area (Å²) in [5.74, 6) is 1.17. The molecule has 17 heavy (non-hydrogen) atoms. The van der Waals surface area contributed by atoms with E-state index < -0.39 is 0 Å². The zero-order chi connectivity index (χ0) is 11.9. The van der Waals surface area contributed by atoms with Gasteiger partial charge in [-0.05, 0) is 38.4 Å². The fourth-order valence-corrected chi connectivity index (χ4v) is 3.06. The Bertz CT molecular complexity index is 418. The van der Waals surface area contributed by atoms with Crippen LogP contribution in [0, 0.1) is 0 Å². The molecule has 2 aliphatic heterocycles. The largest absolute Gasteiger partial charge is 0.355 e. The third kappa shape index (κ3) is 1.73. The van der Waals surface area contributed by atoms with Crippen molar-refractivity contribution in [2.45, 2.75) is 31.7 Å². The Hall–Kier alpha value is -1.09. The van der Waals surface area contributed by atoms with Crippen molar-refractivity contribution in [3.8, 4) is 0 Å². The van der Waals surface area contributed by atoms with E-state index in [-0.39, 0.29) is 0 Å². The minimum Gasteiger partial charge on any atom is -0.355 e. The molecule has 2 saturated heterocycles. The number of pyridine rings is 1. The van der Waals surface area contributed by atoms with Gasteiger partial charge < -0.3 is 4.90 Å². The van der Waals surface area contributed by atoms with Crippen LogP contribution in [0.3, 0.4) is 0 Å². The molecule has 0 saturated carbocycles. The summed E-state index contributed by atoms with van der Waals surface area (Å²) < 4.78 is 0. The van der Waals surface area contributed by atoms with Crippen molar-refractivity contribution < 1.29 is 0 Å². The Balaban J connectivity index is 1.77. The quantitative estimate of drug-likeness (QED) is 0.775. The van der Waals surface area contributed by atoms with Crippen LogP contribution >= 0.6 is 0 Å². The van der Waals surface area contributed by atoms with Gasteiger partial charge in [0.1, 0.15) is 5.82 Å². The number of nitrogens with zero attached hydrogens (tertiary/aromatic N) is 3. The maximum absolute atomic E-state index is 4.73. The molecule has 3 heterocycles. The summed E-state index contributed by atoms with van der Waals surface area (Å²) in [6, 6.07) is 6.40. The lowest BCUT2D eigenvalue weighted by Gasteiger charge is -2.48. The van der Waals surface area contributed by atoms with Gasteiger partial charge >= 0.3 is 0 Å². The third-order valence-electron chi connectivity index (χ3n) is 4.53. The maximum Gasteiger partial charge on any atom is 0.128 e. The monoisotopic (exact) mass is 231 g/mol. The second-order valence-corrected chi connectivity index (χ2v) is 5.41. The van der Waals surface area contributed by atoms with Crippen molar-refractivity contribution in [1.82, 2.24) is 9.88 Å². The molecule has 1 aromatic rings. The van der Waals surface area contributed by atoms with Gasteiger partial charge in [0.05, 0.1) is 0 Å². The normalized spacial score (nSPS) is 28.7. The number of likely N-dealkylation sites (tertiary alicyclic amines) is 1. The molecule has 2 fully saturated rings. The molecule has 0 radical (unpaired) electrons. The summed E-state index contributed by atoms with van der Waals surface area (Å²) in [4.78, 5) is 9.69. The van der Waals surface area contributed by atoms with Gasteiger partial charge in [0.2, 0.25) is 0 Å². The molecule has 0 unspecified atom stereocenters. The molecule has 1 aromatic heterocycles. The molecular formula is C14H21N3. The first-order valence-corrected chi connectivity index (χ1v) is 6.66. The number of anilines is 1. The number of hydrogen-bond acceptors (Lipinski definition) is 3. The van der Waals surface area contributed by atoms with E-state index in [4.69, 9.17) is 4.98 Å². The molecule has 0 aliphatic carbocycles. The molecule has 3 rings (SSSR count). The first-order valence-electron chi connectivity index (χ1n) is 6.66. The minimum absolute atomic E-state index is 0.462. The van der Waals surface area contributed by atoms with Gasteiger partial charge in [-0.1, -0.05) is 13.0 Å².